The number of carboxylic acids is 1. The summed E-state index contributed by atoms with van der Waals surface area (Å²) in [7, 11) is 0. The molecule has 0 aromatic heterocycles. The van der Waals surface area contributed by atoms with Crippen LogP contribution in [-0.2, 0) is 4.79 Å². The van der Waals surface area contributed by atoms with Crippen molar-refractivity contribution in [3.8, 4) is 0 Å². The van der Waals surface area contributed by atoms with Gasteiger partial charge in [0.15, 0.2) is 0 Å². The average molecular weight is 522 g/mol. The summed E-state index contributed by atoms with van der Waals surface area (Å²) in [5.74, 6) is 2.47. The van der Waals surface area contributed by atoms with Gasteiger partial charge in [0.05, 0.1) is 5.92 Å². The zero-order valence-corrected chi connectivity index (χ0v) is 25.3. The zero-order valence-electron chi connectivity index (χ0n) is 25.3. The van der Waals surface area contributed by atoms with Crippen molar-refractivity contribution in [3.05, 3.63) is 23.3 Å². The maximum Gasteiger partial charge on any atom is 0.306 e. The van der Waals surface area contributed by atoms with Gasteiger partial charge in [-0.3, -0.25) is 4.79 Å². The molecule has 0 saturated heterocycles. The summed E-state index contributed by atoms with van der Waals surface area (Å²) in [5, 5.41) is 13.6. The summed E-state index contributed by atoms with van der Waals surface area (Å²) in [4.78, 5) is 11.5. The van der Waals surface area contributed by atoms with Crippen LogP contribution >= 0.6 is 0 Å². The van der Waals surface area contributed by atoms with E-state index in [2.05, 4.69) is 59.0 Å². The van der Waals surface area contributed by atoms with Gasteiger partial charge in [-0.15, -0.1) is 0 Å². The smallest absolute Gasteiger partial charge is 0.306 e. The van der Waals surface area contributed by atoms with E-state index in [4.69, 9.17) is 0 Å². The number of nitrogens with one attached hydrogen (secondary N) is 1. The molecule has 0 amide bonds. The number of rotatable bonds is 4. The second-order valence-electron chi connectivity index (χ2n) is 15.9. The van der Waals surface area contributed by atoms with Crippen LogP contribution in [0.25, 0.3) is 0 Å². The minimum atomic E-state index is -0.622. The van der Waals surface area contributed by atoms with Gasteiger partial charge in [0.1, 0.15) is 0 Å². The Bertz CT molecular complexity index is 1040. The third-order valence-corrected chi connectivity index (χ3v) is 14.6. The van der Waals surface area contributed by atoms with E-state index in [1.807, 2.05) is 0 Å². The fourth-order valence-electron chi connectivity index (χ4n) is 12.7. The largest absolute Gasteiger partial charge is 0.481 e. The number of carboxylic acid groups (broad SMARTS) is 1. The molecule has 3 nitrogen and oxygen atoms in total. The number of hydrogen-bond acceptors (Lipinski definition) is 2. The maximum atomic E-state index is 11.5. The summed E-state index contributed by atoms with van der Waals surface area (Å²) >= 11 is 0. The second-order valence-corrected chi connectivity index (χ2v) is 15.9. The van der Waals surface area contributed by atoms with Crippen molar-refractivity contribution in [2.75, 3.05) is 6.54 Å². The summed E-state index contributed by atoms with van der Waals surface area (Å²) in [5.41, 5.74) is 4.87. The molecule has 0 radical (unpaired) electrons. The van der Waals surface area contributed by atoms with Crippen molar-refractivity contribution in [1.82, 2.24) is 5.32 Å². The quantitative estimate of drug-likeness (QED) is 0.390. The lowest BCUT2D eigenvalue weighted by atomic mass is 9.33. The van der Waals surface area contributed by atoms with Gasteiger partial charge in [-0.25, -0.2) is 0 Å². The molecule has 4 fully saturated rings. The monoisotopic (exact) mass is 521 g/mol. The maximum absolute atomic E-state index is 11.5. The van der Waals surface area contributed by atoms with Gasteiger partial charge in [-0.1, -0.05) is 60.1 Å². The van der Waals surface area contributed by atoms with Gasteiger partial charge in [0.2, 0.25) is 0 Å². The summed E-state index contributed by atoms with van der Waals surface area (Å²) in [6.07, 6.45) is 21.3. The van der Waals surface area contributed by atoms with Gasteiger partial charge in [-0.2, -0.15) is 0 Å². The van der Waals surface area contributed by atoms with E-state index >= 15 is 0 Å². The summed E-state index contributed by atoms with van der Waals surface area (Å²) < 4.78 is 0. The molecule has 38 heavy (non-hydrogen) atoms. The molecule has 4 saturated carbocycles. The minimum absolute atomic E-state index is 0.159. The van der Waals surface area contributed by atoms with Crippen LogP contribution in [-0.4, -0.2) is 23.2 Å². The SMILES string of the molecule is CCNC12CCCC1C1CCC3C4(C)CC=C(C5=CC[C@H](C(=O)O)CC5)C(C)(C)C4CC[C@@]3(C)[C@]1(C)CC2. The third kappa shape index (κ3) is 3.51. The Hall–Kier alpha value is -1.09. The Morgan fingerprint density at radius 2 is 1.68 bits per heavy atom. The normalized spacial score (nSPS) is 49.6. The first-order chi connectivity index (χ1) is 17.9. The molecule has 6 aliphatic carbocycles. The van der Waals surface area contributed by atoms with Gasteiger partial charge >= 0.3 is 5.97 Å². The molecule has 0 heterocycles. The molecule has 6 rings (SSSR count). The van der Waals surface area contributed by atoms with Crippen molar-refractivity contribution < 1.29 is 9.90 Å². The predicted octanol–water partition coefficient (Wildman–Crippen LogP) is 8.55. The lowest BCUT2D eigenvalue weighted by Crippen LogP contribution is -2.67. The molecule has 9 atom stereocenters. The number of carbonyl (C=O) groups is 1. The number of hydrogen-bond donors (Lipinski definition) is 2. The first kappa shape index (κ1) is 27.1. The minimum Gasteiger partial charge on any atom is -0.481 e. The molecule has 0 aromatic carbocycles. The molecule has 0 bridgehead atoms. The second kappa shape index (κ2) is 8.95. The molecule has 0 aromatic rings. The van der Waals surface area contributed by atoms with E-state index in [0.29, 0.717) is 34.1 Å². The van der Waals surface area contributed by atoms with Gasteiger partial charge < -0.3 is 10.4 Å². The fraction of sp³-hybridized carbons (Fsp3) is 0.857. The van der Waals surface area contributed by atoms with Gasteiger partial charge in [0, 0.05) is 5.54 Å². The standard InChI is InChI=1S/C35H55NO2/c1-7-36-35-18-8-9-27(35)26-14-15-29-32(4)19-16-25(23-10-12-24(13-11-23)30(37)38)31(2,3)28(32)17-20-34(29,6)33(26,5)21-22-35/h10,16,24,26-29,36H,7-9,11-15,17-22H2,1-6H3,(H,37,38)/t24-,26?,27?,28?,29?,32?,33+,34+,35?/m0/s1. The number of allylic oxidation sites excluding steroid dienone is 4. The fourth-order valence-corrected chi connectivity index (χ4v) is 12.7. The molecule has 3 heteroatoms. The number of aliphatic carboxylic acids is 1. The van der Waals surface area contributed by atoms with Gasteiger partial charge in [-0.05, 0) is 140 Å². The van der Waals surface area contributed by atoms with Crippen LogP contribution in [0.2, 0.25) is 0 Å². The highest BCUT2D eigenvalue weighted by molar-refractivity contribution is 5.70. The Morgan fingerprint density at radius 1 is 0.895 bits per heavy atom. The molecular weight excluding hydrogens is 466 g/mol. The van der Waals surface area contributed by atoms with E-state index in [-0.39, 0.29) is 11.3 Å². The van der Waals surface area contributed by atoms with Crippen molar-refractivity contribution >= 4 is 5.97 Å². The molecule has 0 aliphatic heterocycles. The molecule has 0 spiro atoms. The Balaban J connectivity index is 1.31. The van der Waals surface area contributed by atoms with Crippen LogP contribution in [0, 0.1) is 51.2 Å². The van der Waals surface area contributed by atoms with Crippen LogP contribution in [0.3, 0.4) is 0 Å². The molecule has 6 unspecified atom stereocenters. The Kier molecular flexibility index (Phi) is 6.39. The van der Waals surface area contributed by atoms with E-state index in [1.165, 1.54) is 69.8 Å². The predicted molar refractivity (Wildman–Crippen MR) is 156 cm³/mol. The van der Waals surface area contributed by atoms with Crippen LogP contribution in [0.5, 0.6) is 0 Å². The van der Waals surface area contributed by atoms with Gasteiger partial charge in [0.25, 0.3) is 0 Å². The highest BCUT2D eigenvalue weighted by Crippen LogP contribution is 2.76. The summed E-state index contributed by atoms with van der Waals surface area (Å²) in [6, 6.07) is 0. The highest BCUT2D eigenvalue weighted by Gasteiger charge is 2.69. The zero-order chi connectivity index (χ0) is 27.1. The van der Waals surface area contributed by atoms with E-state index < -0.39 is 5.97 Å². The van der Waals surface area contributed by atoms with Crippen LogP contribution in [0.1, 0.15) is 125 Å². The number of fused-ring (bicyclic) bond motifs is 7. The van der Waals surface area contributed by atoms with Crippen molar-refractivity contribution in [3.63, 3.8) is 0 Å². The van der Waals surface area contributed by atoms with E-state index in [0.717, 1.165) is 37.1 Å². The van der Waals surface area contributed by atoms with Crippen LogP contribution < -0.4 is 5.32 Å². The first-order valence-electron chi connectivity index (χ1n) is 16.3. The molecule has 6 aliphatic rings. The lowest BCUT2D eigenvalue weighted by Gasteiger charge is -2.72. The Labute approximate surface area is 232 Å². The van der Waals surface area contributed by atoms with Crippen LogP contribution in [0.15, 0.2) is 23.3 Å². The topological polar surface area (TPSA) is 49.3 Å². The average Bonchev–Trinajstić information content (AvgIpc) is 3.28. The van der Waals surface area contributed by atoms with Crippen molar-refractivity contribution in [2.45, 2.75) is 131 Å². The van der Waals surface area contributed by atoms with Crippen molar-refractivity contribution in [1.29, 1.82) is 0 Å². The van der Waals surface area contributed by atoms with Crippen molar-refractivity contribution in [2.24, 2.45) is 51.2 Å². The third-order valence-electron chi connectivity index (χ3n) is 14.6. The Morgan fingerprint density at radius 3 is 2.37 bits per heavy atom. The summed E-state index contributed by atoms with van der Waals surface area (Å²) in [6.45, 7) is 16.7. The van der Waals surface area contributed by atoms with Crippen LogP contribution in [0.4, 0.5) is 0 Å². The highest BCUT2D eigenvalue weighted by atomic mass is 16.4. The molecule has 2 N–H and O–H groups in total. The van der Waals surface area contributed by atoms with E-state index in [1.54, 1.807) is 5.57 Å². The van der Waals surface area contributed by atoms with E-state index in [9.17, 15) is 9.90 Å². The first-order valence-corrected chi connectivity index (χ1v) is 16.3. The lowest BCUT2D eigenvalue weighted by molar-refractivity contribution is -0.218. The molecule has 212 valence electrons. The molecular formula is C35H55NO2.